The Hall–Kier alpha value is -8.60. The van der Waals surface area contributed by atoms with Gasteiger partial charge in [-0.3, -0.25) is 0 Å². The van der Waals surface area contributed by atoms with Crippen molar-refractivity contribution in [3.05, 3.63) is 218 Å². The van der Waals surface area contributed by atoms with Crippen LogP contribution >= 0.6 is 0 Å². The van der Waals surface area contributed by atoms with Crippen molar-refractivity contribution in [1.82, 2.24) is 19.9 Å². The lowest BCUT2D eigenvalue weighted by atomic mass is 9.94. The average molecular weight is 813 g/mol. The fourth-order valence-corrected chi connectivity index (χ4v) is 9.80. The van der Waals surface area contributed by atoms with Crippen LogP contribution in [-0.4, -0.2) is 19.9 Å². The monoisotopic (exact) mass is 812 g/mol. The van der Waals surface area contributed by atoms with Crippen LogP contribution < -0.4 is 0 Å². The summed E-state index contributed by atoms with van der Waals surface area (Å²) in [6.45, 7) is 0. The van der Waals surface area contributed by atoms with E-state index < -0.39 is 0 Å². The molecular formula is C60H36N4. The molecule has 0 spiro atoms. The van der Waals surface area contributed by atoms with Gasteiger partial charge in [0.2, 0.25) is 0 Å². The molecule has 0 atom stereocenters. The van der Waals surface area contributed by atoms with E-state index in [9.17, 15) is 0 Å². The van der Waals surface area contributed by atoms with Gasteiger partial charge < -0.3 is 0 Å². The molecule has 0 saturated carbocycles. The summed E-state index contributed by atoms with van der Waals surface area (Å²) in [4.78, 5) is 21.1. The zero-order valence-corrected chi connectivity index (χ0v) is 34.6. The standard InChI is InChI=1S/C60H36N4/c1-6-18-46-39(13-1)33-34-52-56(46)51-23-11-12-24-55(51)61-57(52)40-29-25-37(26-30-40)38-27-31-41(32-28-38)58-62-59(53-35-42-14-2-4-16-44(42)47-19-7-9-21-49(47)53)64-60(63-58)54-36-43-15-3-5-17-45(43)48-20-8-10-22-50(48)54/h1-36H. The summed E-state index contributed by atoms with van der Waals surface area (Å²) >= 11 is 0. The molecule has 0 amide bonds. The zero-order chi connectivity index (χ0) is 42.1. The van der Waals surface area contributed by atoms with Gasteiger partial charge in [-0.1, -0.05) is 200 Å². The quantitative estimate of drug-likeness (QED) is 0.162. The first-order valence-corrected chi connectivity index (χ1v) is 21.7. The summed E-state index contributed by atoms with van der Waals surface area (Å²) in [7, 11) is 0. The second-order valence-electron chi connectivity index (χ2n) is 16.5. The van der Waals surface area contributed by atoms with Gasteiger partial charge >= 0.3 is 0 Å². The number of nitrogens with zero attached hydrogens (tertiary/aromatic N) is 4. The van der Waals surface area contributed by atoms with Crippen molar-refractivity contribution < 1.29 is 0 Å². The van der Waals surface area contributed by atoms with Crippen molar-refractivity contribution in [2.45, 2.75) is 0 Å². The molecule has 0 bridgehead atoms. The predicted octanol–water partition coefficient (Wildman–Crippen LogP) is 15.7. The highest BCUT2D eigenvalue weighted by Crippen LogP contribution is 2.40. The van der Waals surface area contributed by atoms with Crippen LogP contribution in [0.15, 0.2) is 218 Å². The van der Waals surface area contributed by atoms with Crippen LogP contribution in [0.1, 0.15) is 0 Å². The zero-order valence-electron chi connectivity index (χ0n) is 34.6. The minimum absolute atomic E-state index is 0.623. The normalized spacial score (nSPS) is 11.8. The molecule has 0 saturated heterocycles. The Morgan fingerprint density at radius 3 is 1.23 bits per heavy atom. The van der Waals surface area contributed by atoms with Gasteiger partial charge in [-0.2, -0.15) is 0 Å². The van der Waals surface area contributed by atoms with Crippen LogP contribution in [0.5, 0.6) is 0 Å². The Morgan fingerprint density at radius 2 is 0.656 bits per heavy atom. The van der Waals surface area contributed by atoms with E-state index in [0.717, 1.165) is 71.5 Å². The van der Waals surface area contributed by atoms with Gasteiger partial charge in [0.1, 0.15) is 0 Å². The molecule has 4 nitrogen and oxygen atoms in total. The van der Waals surface area contributed by atoms with Crippen molar-refractivity contribution in [1.29, 1.82) is 0 Å². The van der Waals surface area contributed by atoms with E-state index in [1.165, 1.54) is 43.1 Å². The lowest BCUT2D eigenvalue weighted by molar-refractivity contribution is 1.08. The van der Waals surface area contributed by atoms with Crippen LogP contribution in [-0.2, 0) is 0 Å². The minimum atomic E-state index is 0.623. The van der Waals surface area contributed by atoms with Gasteiger partial charge in [0.15, 0.2) is 17.5 Å². The maximum Gasteiger partial charge on any atom is 0.164 e. The van der Waals surface area contributed by atoms with E-state index in [2.05, 4.69) is 218 Å². The fraction of sp³-hybridized carbons (Fsp3) is 0. The SMILES string of the molecule is c1ccc2c(c1)cc(-c1nc(-c3ccc(-c4ccc(-c5nc6ccccc6c6c5ccc5ccccc56)cc4)cc3)nc(-c3cc4ccccc4c4ccccc34)n1)c1ccccc12. The maximum absolute atomic E-state index is 5.33. The van der Waals surface area contributed by atoms with E-state index >= 15 is 0 Å². The summed E-state index contributed by atoms with van der Waals surface area (Å²) in [5.74, 6) is 1.90. The molecule has 2 aromatic heterocycles. The van der Waals surface area contributed by atoms with Crippen molar-refractivity contribution in [3.8, 4) is 56.5 Å². The molecule has 0 fully saturated rings. The van der Waals surface area contributed by atoms with Crippen molar-refractivity contribution in [2.75, 3.05) is 0 Å². The first-order valence-electron chi connectivity index (χ1n) is 21.7. The van der Waals surface area contributed by atoms with E-state index in [1.54, 1.807) is 0 Å². The Labute approximate surface area is 368 Å². The lowest BCUT2D eigenvalue weighted by Gasteiger charge is -2.14. The third-order valence-corrected chi connectivity index (χ3v) is 12.9. The molecule has 2 heterocycles. The van der Waals surface area contributed by atoms with Crippen molar-refractivity contribution >= 4 is 75.5 Å². The van der Waals surface area contributed by atoms with Gasteiger partial charge in [0.25, 0.3) is 0 Å². The van der Waals surface area contributed by atoms with Gasteiger partial charge in [0, 0.05) is 38.4 Å². The molecule has 13 rings (SSSR count). The molecule has 0 radical (unpaired) electrons. The molecule has 0 aliphatic heterocycles. The molecule has 296 valence electrons. The second kappa shape index (κ2) is 14.5. The summed E-state index contributed by atoms with van der Waals surface area (Å²) < 4.78 is 0. The van der Waals surface area contributed by atoms with Crippen LogP contribution in [0.25, 0.3) is 132 Å². The first kappa shape index (κ1) is 36.1. The topological polar surface area (TPSA) is 51.6 Å². The largest absolute Gasteiger partial charge is 0.247 e. The molecule has 0 aliphatic rings. The molecular weight excluding hydrogens is 777 g/mol. The smallest absolute Gasteiger partial charge is 0.164 e. The van der Waals surface area contributed by atoms with Crippen molar-refractivity contribution in [2.24, 2.45) is 0 Å². The molecule has 0 aliphatic carbocycles. The predicted molar refractivity (Wildman–Crippen MR) is 267 cm³/mol. The first-order chi connectivity index (χ1) is 31.7. The Morgan fingerprint density at radius 1 is 0.234 bits per heavy atom. The lowest BCUT2D eigenvalue weighted by Crippen LogP contribution is -2.01. The van der Waals surface area contributed by atoms with Crippen LogP contribution in [0.2, 0.25) is 0 Å². The molecule has 13 aromatic rings. The van der Waals surface area contributed by atoms with Crippen LogP contribution in [0.4, 0.5) is 0 Å². The molecule has 0 N–H and O–H groups in total. The van der Waals surface area contributed by atoms with Crippen molar-refractivity contribution in [3.63, 3.8) is 0 Å². The van der Waals surface area contributed by atoms with Gasteiger partial charge in [-0.15, -0.1) is 0 Å². The van der Waals surface area contributed by atoms with E-state index in [1.807, 2.05) is 0 Å². The number of fused-ring (bicyclic) bond motifs is 11. The Balaban J connectivity index is 0.936. The third kappa shape index (κ3) is 5.84. The van der Waals surface area contributed by atoms with Gasteiger partial charge in [-0.25, -0.2) is 19.9 Å². The number of pyridine rings is 1. The second-order valence-corrected chi connectivity index (χ2v) is 16.5. The number of hydrogen-bond acceptors (Lipinski definition) is 4. The molecule has 0 unspecified atom stereocenters. The molecule has 64 heavy (non-hydrogen) atoms. The number of aromatic nitrogens is 4. The number of hydrogen-bond donors (Lipinski definition) is 0. The number of benzene rings is 11. The average Bonchev–Trinajstić information content (AvgIpc) is 3.37. The minimum Gasteiger partial charge on any atom is -0.247 e. The maximum atomic E-state index is 5.33. The fourth-order valence-electron chi connectivity index (χ4n) is 9.80. The summed E-state index contributed by atoms with van der Waals surface area (Å²) in [5, 5.41) is 15.3. The summed E-state index contributed by atoms with van der Waals surface area (Å²) in [6.07, 6.45) is 0. The van der Waals surface area contributed by atoms with Gasteiger partial charge in [-0.05, 0) is 83.2 Å². The summed E-state index contributed by atoms with van der Waals surface area (Å²) in [5.41, 5.74) is 8.15. The highest BCUT2D eigenvalue weighted by molar-refractivity contribution is 6.22. The Bertz CT molecular complexity index is 3850. The van der Waals surface area contributed by atoms with E-state index in [-0.39, 0.29) is 0 Å². The molecule has 4 heteroatoms. The summed E-state index contributed by atoms with van der Waals surface area (Å²) in [6, 6.07) is 77.5. The van der Waals surface area contributed by atoms with E-state index in [0.29, 0.717) is 17.5 Å². The van der Waals surface area contributed by atoms with E-state index in [4.69, 9.17) is 19.9 Å². The Kier molecular flexibility index (Phi) is 8.18. The highest BCUT2D eigenvalue weighted by Gasteiger charge is 2.19. The highest BCUT2D eigenvalue weighted by atomic mass is 15.0. The van der Waals surface area contributed by atoms with Crippen LogP contribution in [0, 0.1) is 0 Å². The number of para-hydroxylation sites is 1. The molecule has 11 aromatic carbocycles. The number of rotatable bonds is 5. The van der Waals surface area contributed by atoms with Gasteiger partial charge in [0.05, 0.1) is 11.2 Å². The van der Waals surface area contributed by atoms with Crippen LogP contribution in [0.3, 0.4) is 0 Å². The third-order valence-electron chi connectivity index (χ3n) is 12.9.